The summed E-state index contributed by atoms with van der Waals surface area (Å²) in [6.07, 6.45) is 0. The minimum absolute atomic E-state index is 0.0188. The zero-order chi connectivity index (χ0) is 17.0. The monoisotopic (exact) mass is 462 g/mol. The second kappa shape index (κ2) is 7.80. The Balaban J connectivity index is 2.10. The van der Waals surface area contributed by atoms with Gasteiger partial charge in [-0.3, -0.25) is 10.1 Å². The number of thiocarbonyl (C=S) groups is 1. The number of amides is 1. The molecule has 0 spiro atoms. The number of rotatable bonds is 3. The molecule has 0 aliphatic heterocycles. The number of phenols is 1. The summed E-state index contributed by atoms with van der Waals surface area (Å²) in [5.74, 6) is 0.0863. The Hall–Kier alpha value is -1.58. The summed E-state index contributed by atoms with van der Waals surface area (Å²) in [5, 5.41) is 15.4. The smallest absolute Gasteiger partial charge is 0.258 e. The fraction of sp³-hybridized carbons (Fsp3) is 0.0667. The van der Waals surface area contributed by atoms with E-state index < -0.39 is 5.91 Å². The summed E-state index contributed by atoms with van der Waals surface area (Å²) in [6.45, 7) is 0. The Labute approximate surface area is 157 Å². The Morgan fingerprint density at radius 2 is 2.04 bits per heavy atom. The van der Waals surface area contributed by atoms with Crippen LogP contribution < -0.4 is 15.4 Å². The van der Waals surface area contributed by atoms with Gasteiger partial charge >= 0.3 is 0 Å². The molecule has 2 aromatic rings. The molecular weight excluding hydrogens is 451 g/mol. The van der Waals surface area contributed by atoms with Crippen LogP contribution in [0.3, 0.4) is 0 Å². The van der Waals surface area contributed by atoms with Crippen molar-refractivity contribution in [3.05, 3.63) is 50.6 Å². The van der Waals surface area contributed by atoms with Crippen molar-refractivity contribution in [1.82, 2.24) is 5.32 Å². The largest absolute Gasteiger partial charge is 0.506 e. The maximum absolute atomic E-state index is 12.2. The third-order valence-electron chi connectivity index (χ3n) is 2.85. The molecule has 0 radical (unpaired) electrons. The van der Waals surface area contributed by atoms with E-state index in [0.717, 1.165) is 3.57 Å². The number of hydrogen-bond acceptors (Lipinski definition) is 4. The van der Waals surface area contributed by atoms with Crippen LogP contribution in [0.25, 0.3) is 0 Å². The number of carbonyl (C=O) groups is 1. The Bertz CT molecular complexity index is 770. The number of phenolic OH excluding ortho intramolecular Hbond substituents is 1. The second-order valence-electron chi connectivity index (χ2n) is 4.42. The van der Waals surface area contributed by atoms with E-state index in [1.54, 1.807) is 30.3 Å². The minimum Gasteiger partial charge on any atom is -0.506 e. The third-order valence-corrected chi connectivity index (χ3v) is 4.06. The number of benzene rings is 2. The van der Waals surface area contributed by atoms with Gasteiger partial charge in [0.15, 0.2) is 5.11 Å². The first-order valence-corrected chi connectivity index (χ1v) is 8.21. The van der Waals surface area contributed by atoms with Crippen molar-refractivity contribution in [2.75, 3.05) is 12.4 Å². The summed E-state index contributed by atoms with van der Waals surface area (Å²) in [7, 11) is 1.51. The van der Waals surface area contributed by atoms with Gasteiger partial charge in [-0.15, -0.1) is 0 Å². The zero-order valence-electron chi connectivity index (χ0n) is 11.9. The summed E-state index contributed by atoms with van der Waals surface area (Å²) in [4.78, 5) is 12.2. The number of hydrogen-bond donors (Lipinski definition) is 3. The average Bonchev–Trinajstić information content (AvgIpc) is 2.51. The molecule has 0 fully saturated rings. The highest BCUT2D eigenvalue weighted by Gasteiger charge is 2.13. The van der Waals surface area contributed by atoms with Gasteiger partial charge in [-0.05, 0) is 65.1 Å². The number of anilines is 1. The zero-order valence-corrected chi connectivity index (χ0v) is 15.6. The first kappa shape index (κ1) is 17.8. The van der Waals surface area contributed by atoms with Crippen LogP contribution in [0.15, 0.2) is 36.4 Å². The molecule has 23 heavy (non-hydrogen) atoms. The van der Waals surface area contributed by atoms with Crippen LogP contribution in [-0.4, -0.2) is 23.2 Å². The molecule has 0 bridgehead atoms. The molecule has 2 aromatic carbocycles. The van der Waals surface area contributed by atoms with Crippen molar-refractivity contribution >= 4 is 63.1 Å². The number of carbonyl (C=O) groups excluding carboxylic acids is 1. The van der Waals surface area contributed by atoms with Gasteiger partial charge in [-0.2, -0.15) is 0 Å². The summed E-state index contributed by atoms with van der Waals surface area (Å²) in [5.41, 5.74) is 0.640. The van der Waals surface area contributed by atoms with Crippen molar-refractivity contribution in [3.8, 4) is 11.5 Å². The molecule has 0 atom stereocenters. The lowest BCUT2D eigenvalue weighted by Gasteiger charge is -2.12. The van der Waals surface area contributed by atoms with Crippen molar-refractivity contribution in [2.45, 2.75) is 0 Å². The highest BCUT2D eigenvalue weighted by atomic mass is 127. The standard InChI is InChI=1S/C15H12ClIN2O3S/c1-22-9-3-5-13(20)12(7-9)18-15(23)19-14(21)10-6-8(17)2-4-11(10)16/h2-7,20H,1H3,(H2,18,19,21,23). The van der Waals surface area contributed by atoms with Crippen LogP contribution in [0.2, 0.25) is 5.02 Å². The predicted octanol–water partition coefficient (Wildman–Crippen LogP) is 3.79. The number of methoxy groups -OCH3 is 1. The highest BCUT2D eigenvalue weighted by molar-refractivity contribution is 14.1. The Kier molecular flexibility index (Phi) is 6.03. The van der Waals surface area contributed by atoms with E-state index in [9.17, 15) is 9.90 Å². The predicted molar refractivity (Wildman–Crippen MR) is 103 cm³/mol. The normalized spacial score (nSPS) is 10.0. The number of nitrogens with one attached hydrogen (secondary N) is 2. The fourth-order valence-electron chi connectivity index (χ4n) is 1.74. The lowest BCUT2D eigenvalue weighted by Crippen LogP contribution is -2.34. The van der Waals surface area contributed by atoms with Gasteiger partial charge < -0.3 is 15.2 Å². The van der Waals surface area contributed by atoms with E-state index >= 15 is 0 Å². The summed E-state index contributed by atoms with van der Waals surface area (Å²) < 4.78 is 5.95. The lowest BCUT2D eigenvalue weighted by atomic mass is 10.2. The third kappa shape index (κ3) is 4.69. The van der Waals surface area contributed by atoms with Crippen LogP contribution in [-0.2, 0) is 0 Å². The Morgan fingerprint density at radius 3 is 2.74 bits per heavy atom. The van der Waals surface area contributed by atoms with Crippen LogP contribution in [0.4, 0.5) is 5.69 Å². The van der Waals surface area contributed by atoms with Gasteiger partial charge in [0.05, 0.1) is 23.4 Å². The molecule has 0 saturated carbocycles. The van der Waals surface area contributed by atoms with Gasteiger partial charge in [0, 0.05) is 9.64 Å². The van der Waals surface area contributed by atoms with Gasteiger partial charge in [-0.25, -0.2) is 0 Å². The average molecular weight is 463 g/mol. The summed E-state index contributed by atoms with van der Waals surface area (Å²) in [6, 6.07) is 9.72. The molecule has 8 heteroatoms. The van der Waals surface area contributed by atoms with Crippen molar-refractivity contribution in [1.29, 1.82) is 0 Å². The number of aromatic hydroxyl groups is 1. The molecule has 0 aliphatic carbocycles. The Morgan fingerprint density at radius 1 is 1.30 bits per heavy atom. The number of ether oxygens (including phenoxy) is 1. The minimum atomic E-state index is -0.437. The van der Waals surface area contributed by atoms with E-state index in [1.807, 2.05) is 0 Å². The first-order valence-electron chi connectivity index (χ1n) is 6.35. The SMILES string of the molecule is COc1ccc(O)c(NC(=S)NC(=O)c2cc(I)ccc2Cl)c1. The van der Waals surface area contributed by atoms with Crippen LogP contribution >= 0.6 is 46.4 Å². The molecule has 0 saturated heterocycles. The van der Waals surface area contributed by atoms with Crippen molar-refractivity contribution in [3.63, 3.8) is 0 Å². The molecule has 0 heterocycles. The highest BCUT2D eigenvalue weighted by Crippen LogP contribution is 2.27. The van der Waals surface area contributed by atoms with Gasteiger partial charge in [0.2, 0.25) is 0 Å². The van der Waals surface area contributed by atoms with Crippen LogP contribution in [0.1, 0.15) is 10.4 Å². The maximum atomic E-state index is 12.2. The molecule has 0 aliphatic rings. The van der Waals surface area contributed by atoms with Gasteiger partial charge in [0.1, 0.15) is 11.5 Å². The molecule has 0 unspecified atom stereocenters. The van der Waals surface area contributed by atoms with Gasteiger partial charge in [0.25, 0.3) is 5.91 Å². The molecule has 120 valence electrons. The second-order valence-corrected chi connectivity index (χ2v) is 6.48. The van der Waals surface area contributed by atoms with E-state index in [1.165, 1.54) is 13.2 Å². The van der Waals surface area contributed by atoms with E-state index in [2.05, 4.69) is 33.2 Å². The molecule has 5 nitrogen and oxygen atoms in total. The van der Waals surface area contributed by atoms with E-state index in [0.29, 0.717) is 22.0 Å². The molecular formula is C15H12ClIN2O3S. The summed E-state index contributed by atoms with van der Waals surface area (Å²) >= 11 is 13.2. The van der Waals surface area contributed by atoms with Crippen molar-refractivity contribution < 1.29 is 14.6 Å². The molecule has 0 aromatic heterocycles. The van der Waals surface area contributed by atoms with E-state index in [-0.39, 0.29) is 10.9 Å². The lowest BCUT2D eigenvalue weighted by molar-refractivity contribution is 0.0978. The maximum Gasteiger partial charge on any atom is 0.258 e. The van der Waals surface area contributed by atoms with Gasteiger partial charge in [-0.1, -0.05) is 11.6 Å². The quantitative estimate of drug-likeness (QED) is 0.368. The molecule has 2 rings (SSSR count). The van der Waals surface area contributed by atoms with E-state index in [4.69, 9.17) is 28.6 Å². The van der Waals surface area contributed by atoms with Crippen LogP contribution in [0, 0.1) is 3.57 Å². The molecule has 1 amide bonds. The first-order chi connectivity index (χ1) is 10.9. The van der Waals surface area contributed by atoms with Crippen LogP contribution in [0.5, 0.6) is 11.5 Å². The van der Waals surface area contributed by atoms with Crippen molar-refractivity contribution in [2.24, 2.45) is 0 Å². The fourth-order valence-corrected chi connectivity index (χ4v) is 2.63. The topological polar surface area (TPSA) is 70.6 Å². The number of halogens is 2. The molecule has 3 N–H and O–H groups in total.